The first-order valence-corrected chi connectivity index (χ1v) is 12.7. The van der Waals surface area contributed by atoms with Crippen LogP contribution in [0, 0.1) is 0 Å². The molecule has 4 rings (SSSR count). The Hall–Kier alpha value is -4.11. The molecule has 3 N–H and O–H groups in total. The molecule has 0 aliphatic carbocycles. The van der Waals surface area contributed by atoms with E-state index >= 15 is 0 Å². The van der Waals surface area contributed by atoms with E-state index in [4.69, 9.17) is 10.5 Å². The number of hydrogen-bond acceptors (Lipinski definition) is 6. The molecule has 0 saturated carbocycles. The van der Waals surface area contributed by atoms with Crippen LogP contribution in [0.15, 0.2) is 78.0 Å². The van der Waals surface area contributed by atoms with E-state index in [-0.39, 0.29) is 17.1 Å². The summed E-state index contributed by atoms with van der Waals surface area (Å²) < 4.78 is 7.24. The van der Waals surface area contributed by atoms with E-state index in [1.807, 2.05) is 41.0 Å². The number of carbonyl (C=O) groups is 2. The van der Waals surface area contributed by atoms with Gasteiger partial charge < -0.3 is 15.8 Å². The van der Waals surface area contributed by atoms with Crippen LogP contribution in [0.2, 0.25) is 0 Å². The molecule has 0 aliphatic rings. The molecule has 0 aliphatic heterocycles. The standard InChI is InChI=1S/C28H29N5O3S/c1-28(2,3)20-9-5-19(6-10-20)26-31-32-27(33(26)22-13-15-23(36-4)16-14-22)37-17-24(34)30-21-11-7-18(8-12-21)25(29)35/h5-16H,17H2,1-4H3,(H2,29,35)(H,30,34). The highest BCUT2D eigenvalue weighted by molar-refractivity contribution is 7.99. The number of amides is 2. The second kappa shape index (κ2) is 10.9. The lowest BCUT2D eigenvalue weighted by Crippen LogP contribution is -2.15. The lowest BCUT2D eigenvalue weighted by atomic mass is 9.87. The minimum Gasteiger partial charge on any atom is -0.497 e. The third-order valence-electron chi connectivity index (χ3n) is 5.76. The number of carbonyl (C=O) groups excluding carboxylic acids is 2. The first-order valence-electron chi connectivity index (χ1n) is 11.7. The molecule has 4 aromatic rings. The topological polar surface area (TPSA) is 112 Å². The van der Waals surface area contributed by atoms with Gasteiger partial charge >= 0.3 is 0 Å². The van der Waals surface area contributed by atoms with E-state index in [0.717, 1.165) is 17.0 Å². The van der Waals surface area contributed by atoms with Crippen LogP contribution in [0.1, 0.15) is 36.7 Å². The second-order valence-corrected chi connectivity index (χ2v) is 10.4. The highest BCUT2D eigenvalue weighted by atomic mass is 32.2. The van der Waals surface area contributed by atoms with Crippen LogP contribution in [-0.4, -0.2) is 39.4 Å². The third-order valence-corrected chi connectivity index (χ3v) is 6.69. The number of hydrogen-bond donors (Lipinski definition) is 2. The molecule has 0 radical (unpaired) electrons. The Balaban J connectivity index is 1.58. The van der Waals surface area contributed by atoms with E-state index in [0.29, 0.717) is 22.2 Å². The second-order valence-electron chi connectivity index (χ2n) is 9.45. The average Bonchev–Trinajstić information content (AvgIpc) is 3.31. The van der Waals surface area contributed by atoms with Crippen molar-refractivity contribution in [2.75, 3.05) is 18.2 Å². The van der Waals surface area contributed by atoms with Crippen LogP contribution >= 0.6 is 11.8 Å². The Bertz CT molecular complexity index is 1390. The summed E-state index contributed by atoms with van der Waals surface area (Å²) in [5, 5.41) is 12.3. The van der Waals surface area contributed by atoms with Crippen LogP contribution in [0.4, 0.5) is 5.69 Å². The van der Waals surface area contributed by atoms with Gasteiger partial charge in [0.05, 0.1) is 12.9 Å². The van der Waals surface area contributed by atoms with Crippen molar-refractivity contribution >= 4 is 29.3 Å². The smallest absolute Gasteiger partial charge is 0.248 e. The molecule has 0 bridgehead atoms. The molecule has 9 heteroatoms. The number of anilines is 1. The molecule has 1 heterocycles. The lowest BCUT2D eigenvalue weighted by molar-refractivity contribution is -0.113. The molecule has 3 aromatic carbocycles. The van der Waals surface area contributed by atoms with Gasteiger partial charge in [-0.3, -0.25) is 14.2 Å². The number of ether oxygens (including phenoxy) is 1. The first-order chi connectivity index (χ1) is 17.7. The fourth-order valence-corrected chi connectivity index (χ4v) is 4.43. The quantitative estimate of drug-likeness (QED) is 0.317. The van der Waals surface area contributed by atoms with Gasteiger partial charge in [-0.2, -0.15) is 0 Å². The fraction of sp³-hybridized carbons (Fsp3) is 0.214. The van der Waals surface area contributed by atoms with Crippen LogP contribution in [0.25, 0.3) is 17.1 Å². The maximum absolute atomic E-state index is 12.6. The maximum Gasteiger partial charge on any atom is 0.248 e. The highest BCUT2D eigenvalue weighted by Gasteiger charge is 2.19. The van der Waals surface area contributed by atoms with Gasteiger partial charge in [0.25, 0.3) is 0 Å². The number of aromatic nitrogens is 3. The molecular weight excluding hydrogens is 486 g/mol. The summed E-state index contributed by atoms with van der Waals surface area (Å²) in [7, 11) is 1.62. The van der Waals surface area contributed by atoms with Crippen molar-refractivity contribution in [3.8, 4) is 22.8 Å². The van der Waals surface area contributed by atoms with Crippen molar-refractivity contribution in [2.45, 2.75) is 31.3 Å². The summed E-state index contributed by atoms with van der Waals surface area (Å²) in [5.74, 6) is 0.807. The number of thioether (sulfide) groups is 1. The average molecular weight is 516 g/mol. The number of benzene rings is 3. The molecule has 8 nitrogen and oxygen atoms in total. The summed E-state index contributed by atoms with van der Waals surface area (Å²) in [6.45, 7) is 6.52. The predicted octanol–water partition coefficient (Wildman–Crippen LogP) is 5.07. The number of nitrogens with zero attached hydrogens (tertiary/aromatic N) is 3. The van der Waals surface area contributed by atoms with Gasteiger partial charge in [-0.1, -0.05) is 56.8 Å². The van der Waals surface area contributed by atoms with Crippen LogP contribution in [0.5, 0.6) is 5.75 Å². The third kappa shape index (κ3) is 6.18. The van der Waals surface area contributed by atoms with Gasteiger partial charge in [-0.15, -0.1) is 10.2 Å². The Morgan fingerprint density at radius 1 is 0.946 bits per heavy atom. The Kier molecular flexibility index (Phi) is 7.63. The Morgan fingerprint density at radius 2 is 1.59 bits per heavy atom. The monoisotopic (exact) mass is 515 g/mol. The van der Waals surface area contributed by atoms with E-state index in [1.54, 1.807) is 31.4 Å². The highest BCUT2D eigenvalue weighted by Crippen LogP contribution is 2.31. The Labute approximate surface area is 220 Å². The molecule has 0 saturated heterocycles. The van der Waals surface area contributed by atoms with Gasteiger partial charge in [0.2, 0.25) is 11.8 Å². The zero-order valence-corrected chi connectivity index (χ0v) is 22.0. The number of primary amides is 1. The van der Waals surface area contributed by atoms with Crippen LogP contribution < -0.4 is 15.8 Å². The zero-order chi connectivity index (χ0) is 26.6. The normalized spacial score (nSPS) is 11.2. The van der Waals surface area contributed by atoms with E-state index in [9.17, 15) is 9.59 Å². The van der Waals surface area contributed by atoms with Gasteiger partial charge in [-0.25, -0.2) is 0 Å². The van der Waals surface area contributed by atoms with Gasteiger partial charge in [0.1, 0.15) is 5.75 Å². The van der Waals surface area contributed by atoms with E-state index in [1.165, 1.54) is 17.3 Å². The minimum atomic E-state index is -0.518. The molecule has 190 valence electrons. The van der Waals surface area contributed by atoms with E-state index < -0.39 is 5.91 Å². The van der Waals surface area contributed by atoms with Gasteiger partial charge in [-0.05, 0) is 59.5 Å². The summed E-state index contributed by atoms with van der Waals surface area (Å²) >= 11 is 1.28. The Morgan fingerprint density at radius 3 is 2.16 bits per heavy atom. The van der Waals surface area contributed by atoms with Gasteiger partial charge in [0, 0.05) is 22.5 Å². The summed E-state index contributed by atoms with van der Waals surface area (Å²) in [6, 6.07) is 22.3. The van der Waals surface area contributed by atoms with Crippen molar-refractivity contribution in [3.63, 3.8) is 0 Å². The summed E-state index contributed by atoms with van der Waals surface area (Å²) in [6.07, 6.45) is 0. The number of methoxy groups -OCH3 is 1. The summed E-state index contributed by atoms with van der Waals surface area (Å²) in [5.41, 5.74) is 9.26. The van der Waals surface area contributed by atoms with Gasteiger partial charge in [0.15, 0.2) is 11.0 Å². The van der Waals surface area contributed by atoms with E-state index in [2.05, 4.69) is 48.4 Å². The van der Waals surface area contributed by atoms with Crippen LogP contribution in [-0.2, 0) is 10.2 Å². The van der Waals surface area contributed by atoms with Crippen molar-refractivity contribution in [1.29, 1.82) is 0 Å². The molecule has 0 unspecified atom stereocenters. The first kappa shape index (κ1) is 26.0. The largest absolute Gasteiger partial charge is 0.497 e. The molecular formula is C28H29N5O3S. The van der Waals surface area contributed by atoms with Crippen molar-refractivity contribution in [3.05, 3.63) is 83.9 Å². The number of nitrogens with two attached hydrogens (primary N) is 1. The minimum absolute atomic E-state index is 0.0384. The maximum atomic E-state index is 12.6. The predicted molar refractivity (Wildman–Crippen MR) is 146 cm³/mol. The number of nitrogens with one attached hydrogen (secondary N) is 1. The molecule has 0 atom stereocenters. The SMILES string of the molecule is COc1ccc(-n2c(SCC(=O)Nc3ccc(C(N)=O)cc3)nnc2-c2ccc(C(C)(C)C)cc2)cc1. The molecule has 0 spiro atoms. The molecule has 1 aromatic heterocycles. The van der Waals surface area contributed by atoms with Crippen molar-refractivity contribution in [1.82, 2.24) is 14.8 Å². The number of rotatable bonds is 8. The fourth-order valence-electron chi connectivity index (χ4n) is 3.68. The lowest BCUT2D eigenvalue weighted by Gasteiger charge is -2.19. The van der Waals surface area contributed by atoms with Crippen molar-refractivity contribution < 1.29 is 14.3 Å². The summed E-state index contributed by atoms with van der Waals surface area (Å²) in [4.78, 5) is 23.9. The molecule has 2 amide bonds. The van der Waals surface area contributed by atoms with Crippen LogP contribution in [0.3, 0.4) is 0 Å². The molecule has 0 fully saturated rings. The van der Waals surface area contributed by atoms with Crippen molar-refractivity contribution in [2.24, 2.45) is 5.73 Å². The zero-order valence-electron chi connectivity index (χ0n) is 21.2. The molecule has 37 heavy (non-hydrogen) atoms.